The predicted molar refractivity (Wildman–Crippen MR) is 103 cm³/mol. The van der Waals surface area contributed by atoms with Crippen LogP contribution in [0.3, 0.4) is 0 Å². The van der Waals surface area contributed by atoms with Crippen molar-refractivity contribution in [2.45, 2.75) is 26.2 Å². The van der Waals surface area contributed by atoms with Crippen molar-refractivity contribution in [3.63, 3.8) is 0 Å². The molecule has 0 amide bonds. The molecule has 0 aliphatic heterocycles. The average Bonchev–Trinajstić information content (AvgIpc) is 3.06. The molecule has 3 rings (SSSR count). The van der Waals surface area contributed by atoms with Gasteiger partial charge in [-0.15, -0.1) is 0 Å². The van der Waals surface area contributed by atoms with Gasteiger partial charge in [0.2, 0.25) is 0 Å². The Balaban J connectivity index is 1.87. The third-order valence-electron chi connectivity index (χ3n) is 4.45. The molecule has 0 saturated heterocycles. The second kappa shape index (κ2) is 8.54. The number of fused-ring (bicyclic) bond motifs is 1. The third kappa shape index (κ3) is 4.19. The van der Waals surface area contributed by atoms with Gasteiger partial charge in [-0.25, -0.2) is 0 Å². The molecule has 5 nitrogen and oxygen atoms in total. The summed E-state index contributed by atoms with van der Waals surface area (Å²) >= 11 is 0. The molecule has 140 valence electrons. The van der Waals surface area contributed by atoms with Crippen molar-refractivity contribution in [3.8, 4) is 5.75 Å². The zero-order valence-electron chi connectivity index (χ0n) is 15.6. The van der Waals surface area contributed by atoms with Crippen LogP contribution in [0, 0.1) is 0 Å². The number of hydrogen-bond acceptors (Lipinski definition) is 4. The first-order chi connectivity index (χ1) is 13.1. The van der Waals surface area contributed by atoms with Gasteiger partial charge in [-0.3, -0.25) is 9.59 Å². The number of esters is 1. The van der Waals surface area contributed by atoms with Crippen LogP contribution in [0.2, 0.25) is 0 Å². The molecular formula is C22H23NO4. The predicted octanol–water partition coefficient (Wildman–Crippen LogP) is 4.06. The molecule has 0 bridgehead atoms. The van der Waals surface area contributed by atoms with E-state index in [4.69, 9.17) is 9.47 Å². The molecule has 2 heterocycles. The van der Waals surface area contributed by atoms with Gasteiger partial charge >= 0.3 is 5.97 Å². The molecule has 0 saturated carbocycles. The van der Waals surface area contributed by atoms with Crippen LogP contribution in [0.25, 0.3) is 5.52 Å². The molecular weight excluding hydrogens is 342 g/mol. The Morgan fingerprint density at radius 3 is 2.70 bits per heavy atom. The number of ketones is 1. The first-order valence-corrected chi connectivity index (χ1v) is 9.07. The molecule has 3 aromatic rings. The lowest BCUT2D eigenvalue weighted by Gasteiger charge is -2.04. The lowest BCUT2D eigenvalue weighted by Crippen LogP contribution is -2.04. The van der Waals surface area contributed by atoms with E-state index in [-0.39, 0.29) is 11.8 Å². The van der Waals surface area contributed by atoms with Crippen LogP contribution in [0.5, 0.6) is 5.75 Å². The number of rotatable bonds is 8. The molecule has 0 unspecified atom stereocenters. The largest absolute Gasteiger partial charge is 0.497 e. The van der Waals surface area contributed by atoms with E-state index in [0.29, 0.717) is 42.7 Å². The molecule has 0 radical (unpaired) electrons. The second-order valence-electron chi connectivity index (χ2n) is 6.22. The summed E-state index contributed by atoms with van der Waals surface area (Å²) in [6.07, 6.45) is 3.67. The lowest BCUT2D eigenvalue weighted by molar-refractivity contribution is -0.143. The molecule has 5 heteroatoms. The normalized spacial score (nSPS) is 10.7. The Kier molecular flexibility index (Phi) is 5.91. The Bertz CT molecular complexity index is 958. The highest BCUT2D eigenvalue weighted by Gasteiger charge is 2.17. The quantitative estimate of drug-likeness (QED) is 0.446. The maximum atomic E-state index is 13.1. The number of carbonyl (C=O) groups excluding carboxylic acids is 2. The summed E-state index contributed by atoms with van der Waals surface area (Å²) < 4.78 is 12.2. The minimum atomic E-state index is -0.189. The van der Waals surface area contributed by atoms with E-state index in [9.17, 15) is 9.59 Å². The number of aromatic nitrogens is 1. The second-order valence-corrected chi connectivity index (χ2v) is 6.22. The number of ether oxygens (including phenoxy) is 2. The number of hydrogen-bond donors (Lipinski definition) is 0. The van der Waals surface area contributed by atoms with Gasteiger partial charge in [-0.2, -0.15) is 0 Å². The summed E-state index contributed by atoms with van der Waals surface area (Å²) in [5.41, 5.74) is 3.09. The van der Waals surface area contributed by atoms with Gasteiger partial charge in [0, 0.05) is 29.4 Å². The van der Waals surface area contributed by atoms with Crippen molar-refractivity contribution in [2.24, 2.45) is 0 Å². The van der Waals surface area contributed by atoms with E-state index in [2.05, 4.69) is 0 Å². The molecule has 0 atom stereocenters. The van der Waals surface area contributed by atoms with Gasteiger partial charge in [0.25, 0.3) is 0 Å². The number of benzene rings is 1. The van der Waals surface area contributed by atoms with E-state index in [1.54, 1.807) is 26.2 Å². The first kappa shape index (κ1) is 18.7. The molecule has 0 aliphatic carbocycles. The van der Waals surface area contributed by atoms with Crippen molar-refractivity contribution < 1.29 is 19.1 Å². The number of aryl methyl sites for hydroxylation is 1. The SMILES string of the molecule is CCOC(=O)CCCc1cc(C(=O)c2cccc(OC)c2)c2ccccn12. The Labute approximate surface area is 158 Å². The van der Waals surface area contributed by atoms with Gasteiger partial charge in [0.1, 0.15) is 5.75 Å². The Hall–Kier alpha value is -3.08. The van der Waals surface area contributed by atoms with Gasteiger partial charge in [0.05, 0.1) is 19.2 Å². The number of pyridine rings is 1. The first-order valence-electron chi connectivity index (χ1n) is 9.07. The summed E-state index contributed by atoms with van der Waals surface area (Å²) in [5.74, 6) is 0.416. The average molecular weight is 365 g/mol. The summed E-state index contributed by atoms with van der Waals surface area (Å²) in [7, 11) is 1.58. The number of carbonyl (C=O) groups is 2. The molecule has 27 heavy (non-hydrogen) atoms. The van der Waals surface area contributed by atoms with Crippen molar-refractivity contribution in [3.05, 3.63) is 71.5 Å². The summed E-state index contributed by atoms with van der Waals surface area (Å²) in [6.45, 7) is 2.20. The molecule has 0 aliphatic rings. The topological polar surface area (TPSA) is 57.0 Å². The Morgan fingerprint density at radius 2 is 1.93 bits per heavy atom. The highest BCUT2D eigenvalue weighted by atomic mass is 16.5. The zero-order chi connectivity index (χ0) is 19.2. The smallest absolute Gasteiger partial charge is 0.305 e. The number of nitrogens with zero attached hydrogens (tertiary/aromatic N) is 1. The van der Waals surface area contributed by atoms with Gasteiger partial charge in [-0.05, 0) is 50.1 Å². The fraction of sp³-hybridized carbons (Fsp3) is 0.273. The van der Waals surface area contributed by atoms with Crippen LogP contribution >= 0.6 is 0 Å². The maximum absolute atomic E-state index is 13.1. The summed E-state index contributed by atoms with van der Waals surface area (Å²) in [5, 5.41) is 0. The van der Waals surface area contributed by atoms with Gasteiger partial charge in [0.15, 0.2) is 5.78 Å². The molecule has 0 spiro atoms. The molecule has 1 aromatic carbocycles. The van der Waals surface area contributed by atoms with Crippen molar-refractivity contribution in [1.29, 1.82) is 0 Å². The zero-order valence-corrected chi connectivity index (χ0v) is 15.6. The molecule has 0 N–H and O–H groups in total. The van der Waals surface area contributed by atoms with E-state index >= 15 is 0 Å². The fourth-order valence-corrected chi connectivity index (χ4v) is 3.16. The number of methoxy groups -OCH3 is 1. The lowest BCUT2D eigenvalue weighted by atomic mass is 10.0. The highest BCUT2D eigenvalue weighted by Crippen LogP contribution is 2.23. The minimum absolute atomic E-state index is 0.0470. The summed E-state index contributed by atoms with van der Waals surface area (Å²) in [4.78, 5) is 24.6. The monoisotopic (exact) mass is 365 g/mol. The van der Waals surface area contributed by atoms with Crippen LogP contribution in [-0.4, -0.2) is 29.9 Å². The fourth-order valence-electron chi connectivity index (χ4n) is 3.16. The van der Waals surface area contributed by atoms with Crippen LogP contribution < -0.4 is 4.74 Å². The van der Waals surface area contributed by atoms with Crippen LogP contribution in [0.15, 0.2) is 54.7 Å². The maximum Gasteiger partial charge on any atom is 0.305 e. The Morgan fingerprint density at radius 1 is 1.07 bits per heavy atom. The van der Waals surface area contributed by atoms with E-state index in [1.165, 1.54) is 0 Å². The van der Waals surface area contributed by atoms with E-state index < -0.39 is 0 Å². The van der Waals surface area contributed by atoms with E-state index in [0.717, 1.165) is 11.2 Å². The van der Waals surface area contributed by atoms with Gasteiger partial charge in [-0.1, -0.05) is 18.2 Å². The van der Waals surface area contributed by atoms with Crippen LogP contribution in [0.1, 0.15) is 41.4 Å². The van der Waals surface area contributed by atoms with Crippen molar-refractivity contribution >= 4 is 17.3 Å². The van der Waals surface area contributed by atoms with Crippen molar-refractivity contribution in [1.82, 2.24) is 4.40 Å². The van der Waals surface area contributed by atoms with Crippen molar-refractivity contribution in [2.75, 3.05) is 13.7 Å². The summed E-state index contributed by atoms with van der Waals surface area (Å²) in [6, 6.07) is 14.9. The minimum Gasteiger partial charge on any atom is -0.497 e. The molecule has 2 aromatic heterocycles. The molecule has 0 fully saturated rings. The third-order valence-corrected chi connectivity index (χ3v) is 4.45. The van der Waals surface area contributed by atoms with Gasteiger partial charge < -0.3 is 13.9 Å². The van der Waals surface area contributed by atoms with Crippen LogP contribution in [-0.2, 0) is 16.0 Å². The van der Waals surface area contributed by atoms with Crippen LogP contribution in [0.4, 0.5) is 0 Å². The van der Waals surface area contributed by atoms with E-state index in [1.807, 2.05) is 47.0 Å². The standard InChI is InChI=1S/C22H23NO4/c1-3-27-21(24)12-7-9-17-15-19(20-11-4-5-13-23(17)20)22(25)16-8-6-10-18(14-16)26-2/h4-6,8,10-11,13-15H,3,7,9,12H2,1-2H3. The highest BCUT2D eigenvalue weighted by molar-refractivity contribution is 6.13.